The lowest BCUT2D eigenvalue weighted by atomic mass is 10.2. The largest absolute Gasteiger partial charge is 0.494 e. The second-order valence-corrected chi connectivity index (χ2v) is 6.90. The van der Waals surface area contributed by atoms with Gasteiger partial charge in [0.05, 0.1) is 11.5 Å². The van der Waals surface area contributed by atoms with Crippen molar-refractivity contribution in [2.24, 2.45) is 0 Å². The quantitative estimate of drug-likeness (QED) is 0.400. The van der Waals surface area contributed by atoms with Gasteiger partial charge in [-0.3, -0.25) is 10.1 Å². The second-order valence-electron chi connectivity index (χ2n) is 6.90. The predicted molar refractivity (Wildman–Crippen MR) is 109 cm³/mol. The fourth-order valence-corrected chi connectivity index (χ4v) is 3.25. The van der Waals surface area contributed by atoms with E-state index in [1.165, 1.54) is 6.33 Å². The van der Waals surface area contributed by atoms with Crippen LogP contribution in [0.4, 0.5) is 23.0 Å². The zero-order valence-electron chi connectivity index (χ0n) is 16.3. The van der Waals surface area contributed by atoms with Crippen LogP contribution in [0.15, 0.2) is 30.6 Å². The van der Waals surface area contributed by atoms with Gasteiger partial charge in [-0.2, -0.15) is 0 Å². The smallest absolute Gasteiger partial charge is 0.353 e. The number of aromatic nitrogens is 2. The van der Waals surface area contributed by atoms with Crippen LogP contribution in [-0.2, 0) is 0 Å². The van der Waals surface area contributed by atoms with E-state index in [4.69, 9.17) is 4.74 Å². The molecule has 2 heterocycles. The molecule has 0 bridgehead atoms. The van der Waals surface area contributed by atoms with Crippen LogP contribution in [0.1, 0.15) is 45.4 Å². The van der Waals surface area contributed by atoms with Crippen molar-refractivity contribution in [3.8, 4) is 5.75 Å². The molecule has 1 aliphatic heterocycles. The number of nitrogens with zero attached hydrogens (tertiary/aromatic N) is 4. The summed E-state index contributed by atoms with van der Waals surface area (Å²) in [4.78, 5) is 21.8. The van der Waals surface area contributed by atoms with Crippen LogP contribution in [0.2, 0.25) is 0 Å². The molecule has 2 aromatic rings. The molecule has 1 saturated heterocycles. The van der Waals surface area contributed by atoms with Gasteiger partial charge in [0.25, 0.3) is 0 Å². The lowest BCUT2D eigenvalue weighted by Gasteiger charge is -2.21. The molecule has 0 radical (unpaired) electrons. The summed E-state index contributed by atoms with van der Waals surface area (Å²) >= 11 is 0. The number of benzene rings is 1. The maximum Gasteiger partial charge on any atom is 0.353 e. The van der Waals surface area contributed by atoms with Crippen LogP contribution < -0.4 is 15.0 Å². The van der Waals surface area contributed by atoms with E-state index in [0.29, 0.717) is 18.1 Å². The third-order valence-corrected chi connectivity index (χ3v) is 4.77. The number of anilines is 3. The number of nitrogens with one attached hydrogen (secondary N) is 1. The van der Waals surface area contributed by atoms with Crippen molar-refractivity contribution in [3.05, 3.63) is 40.7 Å². The number of rotatable bonds is 8. The summed E-state index contributed by atoms with van der Waals surface area (Å²) in [6.45, 7) is 4.35. The molecular formula is C20H27N5O3. The van der Waals surface area contributed by atoms with Gasteiger partial charge >= 0.3 is 5.69 Å². The summed E-state index contributed by atoms with van der Waals surface area (Å²) in [5.41, 5.74) is 0.638. The maximum absolute atomic E-state index is 11.8. The van der Waals surface area contributed by atoms with Crippen molar-refractivity contribution in [2.75, 3.05) is 29.9 Å². The van der Waals surface area contributed by atoms with Crippen molar-refractivity contribution in [3.63, 3.8) is 0 Å². The molecule has 0 spiro atoms. The van der Waals surface area contributed by atoms with E-state index in [9.17, 15) is 10.1 Å². The molecule has 0 amide bonds. The molecule has 0 saturated carbocycles. The number of unbranched alkanes of at least 4 members (excludes halogenated alkanes) is 1. The number of hydrogen-bond donors (Lipinski definition) is 1. The van der Waals surface area contributed by atoms with Gasteiger partial charge in [0.15, 0.2) is 0 Å². The minimum atomic E-state index is -0.398. The molecule has 28 heavy (non-hydrogen) atoms. The highest BCUT2D eigenvalue weighted by Crippen LogP contribution is 2.34. The van der Waals surface area contributed by atoms with E-state index in [2.05, 4.69) is 22.2 Å². The third-order valence-electron chi connectivity index (χ3n) is 4.77. The van der Waals surface area contributed by atoms with Crippen molar-refractivity contribution in [1.29, 1.82) is 0 Å². The van der Waals surface area contributed by atoms with Crippen molar-refractivity contribution < 1.29 is 9.66 Å². The van der Waals surface area contributed by atoms with E-state index >= 15 is 0 Å². The molecule has 1 aromatic heterocycles. The Balaban J connectivity index is 1.79. The Kier molecular flexibility index (Phi) is 7.00. The monoisotopic (exact) mass is 385 g/mol. The van der Waals surface area contributed by atoms with Gasteiger partial charge in [0.1, 0.15) is 12.1 Å². The van der Waals surface area contributed by atoms with Crippen molar-refractivity contribution in [1.82, 2.24) is 9.97 Å². The SMILES string of the molecule is CCCCOc1ccc(Nc2ncnc(N3CCCCCC3)c2[N+](=O)[O-])cc1. The number of hydrogen-bond acceptors (Lipinski definition) is 7. The average molecular weight is 385 g/mol. The van der Waals surface area contributed by atoms with Gasteiger partial charge in [-0.25, -0.2) is 9.97 Å². The third kappa shape index (κ3) is 5.09. The van der Waals surface area contributed by atoms with Crippen molar-refractivity contribution in [2.45, 2.75) is 45.4 Å². The van der Waals surface area contributed by atoms with E-state index in [1.54, 1.807) is 0 Å². The van der Waals surface area contributed by atoms with Crippen LogP contribution in [-0.4, -0.2) is 34.6 Å². The topological polar surface area (TPSA) is 93.4 Å². The molecule has 0 unspecified atom stereocenters. The molecule has 3 rings (SSSR count). The normalized spacial score (nSPS) is 14.4. The molecule has 1 aromatic carbocycles. The summed E-state index contributed by atoms with van der Waals surface area (Å²) < 4.78 is 5.66. The molecular weight excluding hydrogens is 358 g/mol. The Morgan fingerprint density at radius 2 is 1.86 bits per heavy atom. The van der Waals surface area contributed by atoms with Crippen LogP contribution in [0, 0.1) is 10.1 Å². The average Bonchev–Trinajstić information content (AvgIpc) is 2.98. The van der Waals surface area contributed by atoms with Crippen LogP contribution in [0.3, 0.4) is 0 Å². The summed E-state index contributed by atoms with van der Waals surface area (Å²) in [7, 11) is 0. The standard InChI is InChI=1S/C20H27N5O3/c1-2-3-14-28-17-10-8-16(9-11-17)23-19-18(25(26)27)20(22-15-21-19)24-12-6-4-5-7-13-24/h8-11,15H,2-7,12-14H2,1H3,(H,21,22,23). The lowest BCUT2D eigenvalue weighted by Crippen LogP contribution is -2.26. The first-order chi connectivity index (χ1) is 13.7. The van der Waals surface area contributed by atoms with E-state index < -0.39 is 4.92 Å². The Morgan fingerprint density at radius 3 is 2.50 bits per heavy atom. The second kappa shape index (κ2) is 9.87. The Morgan fingerprint density at radius 1 is 1.14 bits per heavy atom. The molecule has 1 N–H and O–H groups in total. The molecule has 0 atom stereocenters. The summed E-state index contributed by atoms with van der Waals surface area (Å²) in [6, 6.07) is 7.36. The van der Waals surface area contributed by atoms with Crippen LogP contribution >= 0.6 is 0 Å². The highest BCUT2D eigenvalue weighted by molar-refractivity contribution is 5.74. The predicted octanol–water partition coefficient (Wildman–Crippen LogP) is 4.69. The maximum atomic E-state index is 11.8. The molecule has 8 heteroatoms. The zero-order valence-corrected chi connectivity index (χ0v) is 16.3. The van der Waals surface area contributed by atoms with Crippen LogP contribution in [0.25, 0.3) is 0 Å². The van der Waals surface area contributed by atoms with Gasteiger partial charge in [-0.1, -0.05) is 26.2 Å². The highest BCUT2D eigenvalue weighted by atomic mass is 16.6. The summed E-state index contributed by atoms with van der Waals surface area (Å²) in [5, 5.41) is 14.9. The number of ether oxygens (including phenoxy) is 1. The summed E-state index contributed by atoms with van der Waals surface area (Å²) in [6.07, 6.45) is 7.80. The van der Waals surface area contributed by atoms with Gasteiger partial charge in [-0.05, 0) is 43.5 Å². The molecule has 1 aliphatic rings. The summed E-state index contributed by atoms with van der Waals surface area (Å²) in [5.74, 6) is 1.38. The molecule has 0 aliphatic carbocycles. The molecule has 1 fully saturated rings. The molecule has 8 nitrogen and oxygen atoms in total. The minimum absolute atomic E-state index is 0.0762. The lowest BCUT2D eigenvalue weighted by molar-refractivity contribution is -0.383. The Hall–Kier alpha value is -2.90. The first kappa shape index (κ1) is 19.9. The number of nitro groups is 1. The first-order valence-electron chi connectivity index (χ1n) is 9.93. The van der Waals surface area contributed by atoms with Gasteiger partial charge in [-0.15, -0.1) is 0 Å². The Labute approximate surface area is 165 Å². The highest BCUT2D eigenvalue weighted by Gasteiger charge is 2.27. The fourth-order valence-electron chi connectivity index (χ4n) is 3.25. The Bertz CT molecular complexity index is 774. The molecule has 150 valence electrons. The first-order valence-corrected chi connectivity index (χ1v) is 9.93. The zero-order chi connectivity index (χ0) is 19.8. The van der Waals surface area contributed by atoms with E-state index in [1.807, 2.05) is 29.2 Å². The minimum Gasteiger partial charge on any atom is -0.494 e. The fraction of sp³-hybridized carbons (Fsp3) is 0.500. The van der Waals surface area contributed by atoms with Gasteiger partial charge in [0.2, 0.25) is 11.6 Å². The van der Waals surface area contributed by atoms with Gasteiger partial charge < -0.3 is 15.0 Å². The van der Waals surface area contributed by atoms with Crippen LogP contribution in [0.5, 0.6) is 5.75 Å². The van der Waals surface area contributed by atoms with Gasteiger partial charge in [0, 0.05) is 18.8 Å². The van der Waals surface area contributed by atoms with E-state index in [-0.39, 0.29) is 11.5 Å². The van der Waals surface area contributed by atoms with E-state index in [0.717, 1.165) is 57.4 Å². The van der Waals surface area contributed by atoms with Crippen molar-refractivity contribution >= 4 is 23.0 Å².